The molecule has 1 fully saturated rings. The molecule has 0 radical (unpaired) electrons. The molecule has 3 rings (SSSR count). The molecule has 1 aliphatic rings. The number of imidazole rings is 1. The smallest absolute Gasteiger partial charge is 0.207 e. The minimum absolute atomic E-state index is 0.597. The first-order chi connectivity index (χ1) is 10.1. The lowest BCUT2D eigenvalue weighted by Gasteiger charge is -2.25. The van der Waals surface area contributed by atoms with Crippen LogP contribution in [0.25, 0.3) is 0 Å². The maximum absolute atomic E-state index is 4.53. The number of nitrogens with one attached hydrogen (secondary N) is 1. The Morgan fingerprint density at radius 3 is 2.48 bits per heavy atom. The molecule has 0 unspecified atom stereocenters. The molecule has 1 saturated carbocycles. The molecule has 3 nitrogen and oxygen atoms in total. The van der Waals surface area contributed by atoms with Gasteiger partial charge in [0.05, 0.1) is 0 Å². The molecule has 0 spiro atoms. The fourth-order valence-electron chi connectivity index (χ4n) is 3.28. The monoisotopic (exact) mass is 347 g/mol. The van der Waals surface area contributed by atoms with E-state index >= 15 is 0 Å². The van der Waals surface area contributed by atoms with E-state index in [1.165, 1.54) is 48.9 Å². The summed E-state index contributed by atoms with van der Waals surface area (Å²) in [6.45, 7) is 4.27. The average molecular weight is 348 g/mol. The first kappa shape index (κ1) is 14.6. The maximum Gasteiger partial charge on any atom is 0.207 e. The first-order valence-corrected chi connectivity index (χ1v) is 8.51. The van der Waals surface area contributed by atoms with Crippen LogP contribution in [0, 0.1) is 13.8 Å². The van der Waals surface area contributed by atoms with Crippen molar-refractivity contribution in [2.24, 2.45) is 0 Å². The van der Waals surface area contributed by atoms with Crippen LogP contribution >= 0.6 is 15.9 Å². The summed E-state index contributed by atoms with van der Waals surface area (Å²) in [5.41, 5.74) is 3.64. The van der Waals surface area contributed by atoms with E-state index < -0.39 is 0 Å². The minimum atomic E-state index is 0.597. The normalized spacial score (nSPS) is 16.1. The van der Waals surface area contributed by atoms with E-state index in [1.54, 1.807) is 0 Å². The second-order valence-corrected chi connectivity index (χ2v) is 6.91. The molecule has 1 aliphatic carbocycles. The molecule has 1 aromatic heterocycles. The van der Waals surface area contributed by atoms with E-state index in [4.69, 9.17) is 0 Å². The molecule has 1 N–H and O–H groups in total. The highest BCUT2D eigenvalue weighted by molar-refractivity contribution is 9.10. The van der Waals surface area contributed by atoms with Gasteiger partial charge in [-0.3, -0.25) is 0 Å². The maximum atomic E-state index is 4.53. The highest BCUT2D eigenvalue weighted by Gasteiger charge is 2.18. The molecule has 2 aromatic rings. The summed E-state index contributed by atoms with van der Waals surface area (Å²) in [7, 11) is 0. The van der Waals surface area contributed by atoms with Gasteiger partial charge in [0.15, 0.2) is 0 Å². The SMILES string of the molecule is Cc1cc(Br)cc(C)c1Nc1nccn1C1CCCCC1. The van der Waals surface area contributed by atoms with Gasteiger partial charge in [0.25, 0.3) is 0 Å². The number of hydrogen-bond donors (Lipinski definition) is 1. The molecule has 0 aliphatic heterocycles. The van der Waals surface area contributed by atoms with Gasteiger partial charge in [0.2, 0.25) is 5.95 Å². The Morgan fingerprint density at radius 2 is 1.81 bits per heavy atom. The first-order valence-electron chi connectivity index (χ1n) is 7.72. The van der Waals surface area contributed by atoms with Gasteiger partial charge in [-0.25, -0.2) is 4.98 Å². The molecule has 1 aromatic carbocycles. The van der Waals surface area contributed by atoms with E-state index in [0.29, 0.717) is 6.04 Å². The van der Waals surface area contributed by atoms with Crippen LogP contribution in [0.4, 0.5) is 11.6 Å². The van der Waals surface area contributed by atoms with Crippen molar-refractivity contribution in [1.29, 1.82) is 0 Å². The average Bonchev–Trinajstić information content (AvgIpc) is 2.92. The summed E-state index contributed by atoms with van der Waals surface area (Å²) >= 11 is 3.55. The van der Waals surface area contributed by atoms with Gasteiger partial charge >= 0.3 is 0 Å². The predicted octanol–water partition coefficient (Wildman–Crippen LogP) is 5.51. The summed E-state index contributed by atoms with van der Waals surface area (Å²) in [5.74, 6) is 0.968. The van der Waals surface area contributed by atoms with Crippen LogP contribution in [0.2, 0.25) is 0 Å². The molecule has 0 saturated heterocycles. The molecule has 112 valence electrons. The van der Waals surface area contributed by atoms with Crippen molar-refractivity contribution < 1.29 is 0 Å². The van der Waals surface area contributed by atoms with Gasteiger partial charge in [-0.15, -0.1) is 0 Å². The number of anilines is 2. The quantitative estimate of drug-likeness (QED) is 0.792. The summed E-state index contributed by atoms with van der Waals surface area (Å²) in [6, 6.07) is 4.88. The molecular formula is C17H22BrN3. The largest absolute Gasteiger partial charge is 0.325 e. The third-order valence-corrected chi connectivity index (χ3v) is 4.83. The van der Waals surface area contributed by atoms with Gasteiger partial charge in [-0.1, -0.05) is 35.2 Å². The van der Waals surface area contributed by atoms with Crippen molar-refractivity contribution in [2.75, 3.05) is 5.32 Å². The predicted molar refractivity (Wildman–Crippen MR) is 91.2 cm³/mol. The van der Waals surface area contributed by atoms with E-state index in [2.05, 4.69) is 63.0 Å². The number of benzene rings is 1. The van der Waals surface area contributed by atoms with Crippen LogP contribution in [0.15, 0.2) is 29.0 Å². The Bertz CT molecular complexity index is 604. The minimum Gasteiger partial charge on any atom is -0.325 e. The number of hydrogen-bond acceptors (Lipinski definition) is 2. The van der Waals surface area contributed by atoms with E-state index in [9.17, 15) is 0 Å². The van der Waals surface area contributed by atoms with Crippen molar-refractivity contribution in [3.63, 3.8) is 0 Å². The zero-order chi connectivity index (χ0) is 14.8. The molecule has 1 heterocycles. The molecule has 4 heteroatoms. The van der Waals surface area contributed by atoms with Crippen LogP contribution < -0.4 is 5.32 Å². The second-order valence-electron chi connectivity index (χ2n) is 5.99. The number of rotatable bonds is 3. The van der Waals surface area contributed by atoms with Crippen molar-refractivity contribution in [1.82, 2.24) is 9.55 Å². The Morgan fingerprint density at radius 1 is 1.14 bits per heavy atom. The summed E-state index contributed by atoms with van der Waals surface area (Å²) in [4.78, 5) is 4.53. The van der Waals surface area contributed by atoms with Gasteiger partial charge in [0.1, 0.15) is 0 Å². The topological polar surface area (TPSA) is 29.9 Å². The Kier molecular flexibility index (Phi) is 4.34. The summed E-state index contributed by atoms with van der Waals surface area (Å²) < 4.78 is 3.44. The standard InChI is InChI=1S/C17H22BrN3/c1-12-10-14(18)11-13(2)16(12)20-17-19-8-9-21(17)15-6-4-3-5-7-15/h8-11,15H,3-7H2,1-2H3,(H,19,20). The zero-order valence-corrected chi connectivity index (χ0v) is 14.3. The van der Waals surface area contributed by atoms with Crippen LogP contribution in [0.5, 0.6) is 0 Å². The zero-order valence-electron chi connectivity index (χ0n) is 12.7. The molecule has 0 amide bonds. The van der Waals surface area contributed by atoms with Gasteiger partial charge in [-0.2, -0.15) is 0 Å². The van der Waals surface area contributed by atoms with Crippen molar-refractivity contribution in [3.05, 3.63) is 40.1 Å². The van der Waals surface area contributed by atoms with Gasteiger partial charge in [-0.05, 0) is 49.9 Å². The number of aryl methyl sites for hydroxylation is 2. The van der Waals surface area contributed by atoms with Gasteiger partial charge in [0, 0.05) is 28.6 Å². The fourth-order valence-corrected chi connectivity index (χ4v) is 3.97. The lowest BCUT2D eigenvalue weighted by Crippen LogP contribution is -2.14. The van der Waals surface area contributed by atoms with E-state index in [-0.39, 0.29) is 0 Å². The Labute approximate surface area is 134 Å². The lowest BCUT2D eigenvalue weighted by atomic mass is 9.95. The molecular weight excluding hydrogens is 326 g/mol. The molecule has 21 heavy (non-hydrogen) atoms. The van der Waals surface area contributed by atoms with Crippen molar-refractivity contribution in [3.8, 4) is 0 Å². The van der Waals surface area contributed by atoms with Crippen LogP contribution in [-0.4, -0.2) is 9.55 Å². The second kappa shape index (κ2) is 6.22. The molecule has 0 bridgehead atoms. The Balaban J connectivity index is 1.87. The van der Waals surface area contributed by atoms with Crippen LogP contribution in [-0.2, 0) is 0 Å². The van der Waals surface area contributed by atoms with Crippen LogP contribution in [0.3, 0.4) is 0 Å². The molecule has 0 atom stereocenters. The third kappa shape index (κ3) is 3.15. The number of halogens is 1. The van der Waals surface area contributed by atoms with Gasteiger partial charge < -0.3 is 9.88 Å². The Hall–Kier alpha value is -1.29. The third-order valence-electron chi connectivity index (χ3n) is 4.37. The summed E-state index contributed by atoms with van der Waals surface area (Å²) in [5, 5.41) is 3.54. The number of aromatic nitrogens is 2. The highest BCUT2D eigenvalue weighted by Crippen LogP contribution is 2.32. The lowest BCUT2D eigenvalue weighted by molar-refractivity contribution is 0.356. The van der Waals surface area contributed by atoms with Crippen LogP contribution in [0.1, 0.15) is 49.3 Å². The summed E-state index contributed by atoms with van der Waals surface area (Å²) in [6.07, 6.45) is 10.6. The van der Waals surface area contributed by atoms with Crippen molar-refractivity contribution >= 4 is 27.6 Å². The highest BCUT2D eigenvalue weighted by atomic mass is 79.9. The fraction of sp³-hybridized carbons (Fsp3) is 0.471. The van der Waals surface area contributed by atoms with E-state index in [0.717, 1.165) is 10.4 Å². The van der Waals surface area contributed by atoms with Crippen molar-refractivity contribution in [2.45, 2.75) is 52.0 Å². The van der Waals surface area contributed by atoms with E-state index in [1.807, 2.05) is 6.20 Å². The number of nitrogens with zero attached hydrogens (tertiary/aromatic N) is 2.